The fraction of sp³-hybridized carbons (Fsp3) is 0.0625. The van der Waals surface area contributed by atoms with Gasteiger partial charge in [0.25, 0.3) is 5.91 Å². The fourth-order valence-electron chi connectivity index (χ4n) is 1.91. The summed E-state index contributed by atoms with van der Waals surface area (Å²) in [5, 5.41) is 12.7. The first-order valence-corrected chi connectivity index (χ1v) is 9.92. The van der Waals surface area contributed by atoms with Crippen LogP contribution in [0.15, 0.2) is 46.8 Å². The van der Waals surface area contributed by atoms with Gasteiger partial charge < -0.3 is 0 Å². The summed E-state index contributed by atoms with van der Waals surface area (Å²) in [5.74, 6) is 0.308. The molecule has 0 saturated heterocycles. The van der Waals surface area contributed by atoms with E-state index in [0.717, 1.165) is 9.90 Å². The Bertz CT molecular complexity index is 917. The molecule has 4 nitrogen and oxygen atoms in total. The normalized spacial score (nSPS) is 10.7. The molecule has 1 amide bonds. The zero-order valence-corrected chi connectivity index (χ0v) is 16.4. The Kier molecular flexibility index (Phi) is 6.19. The number of nitrogens with zero attached hydrogens (tertiary/aromatic N) is 2. The van der Waals surface area contributed by atoms with Crippen molar-refractivity contribution in [3.8, 4) is 0 Å². The molecular weight excluding hydrogens is 421 g/mol. The molecule has 9 heteroatoms. The van der Waals surface area contributed by atoms with Gasteiger partial charge in [-0.05, 0) is 29.8 Å². The molecule has 0 fully saturated rings. The number of rotatable bonds is 5. The van der Waals surface area contributed by atoms with Crippen molar-refractivity contribution in [2.75, 3.05) is 5.32 Å². The largest absolute Gasteiger partial charge is 0.296 e. The molecule has 0 atom stereocenters. The van der Waals surface area contributed by atoms with Crippen LogP contribution in [-0.2, 0) is 5.75 Å². The van der Waals surface area contributed by atoms with E-state index in [9.17, 15) is 4.79 Å². The Morgan fingerprint density at radius 3 is 2.64 bits per heavy atom. The lowest BCUT2D eigenvalue weighted by atomic mass is 10.2. The van der Waals surface area contributed by atoms with Crippen molar-refractivity contribution in [2.24, 2.45) is 0 Å². The van der Waals surface area contributed by atoms with E-state index in [4.69, 9.17) is 34.8 Å². The maximum absolute atomic E-state index is 12.2. The van der Waals surface area contributed by atoms with Gasteiger partial charge in [0.2, 0.25) is 5.13 Å². The van der Waals surface area contributed by atoms with Crippen LogP contribution in [0.25, 0.3) is 0 Å². The van der Waals surface area contributed by atoms with Gasteiger partial charge in [-0.15, -0.1) is 10.2 Å². The van der Waals surface area contributed by atoms with E-state index in [-0.39, 0.29) is 5.91 Å². The maximum atomic E-state index is 12.2. The van der Waals surface area contributed by atoms with Crippen LogP contribution >= 0.6 is 57.9 Å². The van der Waals surface area contributed by atoms with Crippen molar-refractivity contribution in [3.05, 3.63) is 68.7 Å². The second-order valence-electron chi connectivity index (χ2n) is 4.83. The molecule has 0 aliphatic carbocycles. The molecule has 1 N–H and O–H groups in total. The molecule has 3 rings (SSSR count). The molecule has 3 aromatic rings. The van der Waals surface area contributed by atoms with E-state index in [1.54, 1.807) is 36.4 Å². The quantitative estimate of drug-likeness (QED) is 0.396. The summed E-state index contributed by atoms with van der Waals surface area (Å²) < 4.78 is 0.723. The third-order valence-corrected chi connectivity index (χ3v) is 6.05. The van der Waals surface area contributed by atoms with Gasteiger partial charge in [-0.2, -0.15) is 0 Å². The van der Waals surface area contributed by atoms with Crippen molar-refractivity contribution >= 4 is 68.9 Å². The summed E-state index contributed by atoms with van der Waals surface area (Å²) in [7, 11) is 0. The Labute approximate surface area is 167 Å². The molecule has 0 bridgehead atoms. The number of carbonyl (C=O) groups excluding carboxylic acids is 1. The molecule has 0 spiro atoms. The lowest BCUT2D eigenvalue weighted by Gasteiger charge is -2.03. The smallest absolute Gasteiger partial charge is 0.259 e. The number of benzene rings is 2. The molecule has 0 unspecified atom stereocenters. The van der Waals surface area contributed by atoms with E-state index in [1.807, 2.05) is 6.07 Å². The molecule has 0 radical (unpaired) electrons. The summed E-state index contributed by atoms with van der Waals surface area (Å²) in [6, 6.07) is 12.2. The van der Waals surface area contributed by atoms with Gasteiger partial charge in [0.05, 0.1) is 10.6 Å². The molecule has 1 aromatic heterocycles. The van der Waals surface area contributed by atoms with Crippen LogP contribution in [-0.4, -0.2) is 16.1 Å². The van der Waals surface area contributed by atoms with E-state index in [2.05, 4.69) is 15.5 Å². The first kappa shape index (κ1) is 18.5. The minimum absolute atomic E-state index is 0.320. The topological polar surface area (TPSA) is 54.9 Å². The van der Waals surface area contributed by atoms with Crippen LogP contribution in [0.2, 0.25) is 15.1 Å². The zero-order chi connectivity index (χ0) is 17.8. The molecule has 0 aliphatic rings. The van der Waals surface area contributed by atoms with Gasteiger partial charge >= 0.3 is 0 Å². The first-order chi connectivity index (χ1) is 12.0. The monoisotopic (exact) mass is 429 g/mol. The number of nitrogens with one attached hydrogen (secondary N) is 1. The minimum Gasteiger partial charge on any atom is -0.296 e. The predicted molar refractivity (Wildman–Crippen MR) is 105 cm³/mol. The minimum atomic E-state index is -0.320. The number of aromatic nitrogens is 2. The number of carbonyl (C=O) groups is 1. The predicted octanol–water partition coefficient (Wildman–Crippen LogP) is 6.04. The number of halogens is 3. The maximum Gasteiger partial charge on any atom is 0.259 e. The van der Waals surface area contributed by atoms with Crippen molar-refractivity contribution in [1.29, 1.82) is 0 Å². The Balaban J connectivity index is 1.62. The van der Waals surface area contributed by atoms with E-state index in [1.165, 1.54) is 23.1 Å². The summed E-state index contributed by atoms with van der Waals surface area (Å²) in [6.45, 7) is 0. The molecule has 1 heterocycles. The van der Waals surface area contributed by atoms with Crippen LogP contribution in [0.1, 0.15) is 15.9 Å². The molecule has 0 saturated carbocycles. The highest BCUT2D eigenvalue weighted by Gasteiger charge is 2.13. The Morgan fingerprint density at radius 1 is 1.08 bits per heavy atom. The van der Waals surface area contributed by atoms with E-state index >= 15 is 0 Å². The Morgan fingerprint density at radius 2 is 1.88 bits per heavy atom. The third-order valence-electron chi connectivity index (χ3n) is 3.11. The van der Waals surface area contributed by atoms with E-state index in [0.29, 0.717) is 31.5 Å². The van der Waals surface area contributed by atoms with Crippen molar-refractivity contribution < 1.29 is 4.79 Å². The fourth-order valence-corrected chi connectivity index (χ4v) is 4.43. The molecular formula is C16H10Cl3N3OS2. The lowest BCUT2D eigenvalue weighted by molar-refractivity contribution is 0.102. The SMILES string of the molecule is O=C(Nc1nnc(SCc2ccc(Cl)cc2Cl)s1)c1ccccc1Cl. The molecule has 128 valence electrons. The second-order valence-corrected chi connectivity index (χ2v) is 8.28. The average Bonchev–Trinajstić information content (AvgIpc) is 3.02. The van der Waals surface area contributed by atoms with Crippen molar-refractivity contribution in [1.82, 2.24) is 10.2 Å². The second kappa shape index (κ2) is 8.38. The first-order valence-electron chi connectivity index (χ1n) is 6.99. The van der Waals surface area contributed by atoms with Gasteiger partial charge in [-0.1, -0.05) is 76.1 Å². The molecule has 2 aromatic carbocycles. The standard InChI is InChI=1S/C16H10Cl3N3OS2/c17-10-6-5-9(13(19)7-10)8-24-16-22-21-15(25-16)20-14(23)11-3-1-2-4-12(11)18/h1-7H,8H2,(H,20,21,23). The molecule has 0 aliphatic heterocycles. The van der Waals surface area contributed by atoms with Gasteiger partial charge in [0, 0.05) is 15.8 Å². The van der Waals surface area contributed by atoms with Crippen LogP contribution in [0.5, 0.6) is 0 Å². The lowest BCUT2D eigenvalue weighted by Crippen LogP contribution is -2.12. The van der Waals surface area contributed by atoms with Crippen molar-refractivity contribution in [2.45, 2.75) is 10.1 Å². The van der Waals surface area contributed by atoms with Gasteiger partial charge in [-0.3, -0.25) is 10.1 Å². The summed E-state index contributed by atoms with van der Waals surface area (Å²) in [5.41, 5.74) is 1.34. The number of anilines is 1. The summed E-state index contributed by atoms with van der Waals surface area (Å²) in [6.07, 6.45) is 0. The average molecular weight is 431 g/mol. The molecule has 25 heavy (non-hydrogen) atoms. The van der Waals surface area contributed by atoms with Crippen LogP contribution < -0.4 is 5.32 Å². The zero-order valence-electron chi connectivity index (χ0n) is 12.5. The summed E-state index contributed by atoms with van der Waals surface area (Å²) >= 11 is 20.8. The Hall–Kier alpha value is -1.31. The van der Waals surface area contributed by atoms with Crippen LogP contribution in [0, 0.1) is 0 Å². The van der Waals surface area contributed by atoms with E-state index < -0.39 is 0 Å². The highest BCUT2D eigenvalue weighted by Crippen LogP contribution is 2.31. The third kappa shape index (κ3) is 4.86. The van der Waals surface area contributed by atoms with Crippen molar-refractivity contribution in [3.63, 3.8) is 0 Å². The van der Waals surface area contributed by atoms with Gasteiger partial charge in [0.15, 0.2) is 4.34 Å². The number of hydrogen-bond acceptors (Lipinski definition) is 5. The highest BCUT2D eigenvalue weighted by atomic mass is 35.5. The summed E-state index contributed by atoms with van der Waals surface area (Å²) in [4.78, 5) is 12.2. The number of thioether (sulfide) groups is 1. The highest BCUT2D eigenvalue weighted by molar-refractivity contribution is 8.00. The van der Waals surface area contributed by atoms with Gasteiger partial charge in [0.1, 0.15) is 0 Å². The number of amides is 1. The van der Waals surface area contributed by atoms with Crippen LogP contribution in [0.4, 0.5) is 5.13 Å². The van der Waals surface area contributed by atoms with Crippen LogP contribution in [0.3, 0.4) is 0 Å². The number of hydrogen-bond donors (Lipinski definition) is 1. The van der Waals surface area contributed by atoms with Gasteiger partial charge in [-0.25, -0.2) is 0 Å².